The molecule has 7 nitrogen and oxygen atoms in total. The van der Waals surface area contributed by atoms with Gasteiger partial charge in [-0.1, -0.05) is 18.2 Å². The number of hydrogen-bond donors (Lipinski definition) is 2. The van der Waals surface area contributed by atoms with Crippen molar-refractivity contribution in [3.8, 4) is 0 Å². The molecule has 0 aliphatic carbocycles. The summed E-state index contributed by atoms with van der Waals surface area (Å²) < 4.78 is 0. The van der Waals surface area contributed by atoms with E-state index >= 15 is 0 Å². The topological polar surface area (TPSA) is 91.0 Å². The highest BCUT2D eigenvalue weighted by molar-refractivity contribution is 5.85. The Balaban J connectivity index is 1.52. The second-order valence-corrected chi connectivity index (χ2v) is 6.42. The number of imidazole rings is 1. The first-order valence-electron chi connectivity index (χ1n) is 8.52. The maximum absolute atomic E-state index is 12.8. The van der Waals surface area contributed by atoms with Gasteiger partial charge in [0.25, 0.3) is 0 Å². The number of aromatic amines is 1. The predicted molar refractivity (Wildman–Crippen MR) is 96.0 cm³/mol. The van der Waals surface area contributed by atoms with Gasteiger partial charge in [-0.15, -0.1) is 0 Å². The molecule has 1 aromatic carbocycles. The molecule has 2 N–H and O–H groups in total. The Morgan fingerprint density at radius 2 is 2.12 bits per heavy atom. The Hall–Kier alpha value is -3.22. The summed E-state index contributed by atoms with van der Waals surface area (Å²) in [5.74, 6) is 0.0131. The molecule has 0 saturated carbocycles. The number of nitrogens with zero attached hydrogens (tertiary/aromatic N) is 3. The van der Waals surface area contributed by atoms with E-state index in [0.717, 1.165) is 22.3 Å². The van der Waals surface area contributed by atoms with Gasteiger partial charge in [0.05, 0.1) is 29.2 Å². The Kier molecular flexibility index (Phi) is 4.12. The van der Waals surface area contributed by atoms with Gasteiger partial charge < -0.3 is 15.2 Å². The van der Waals surface area contributed by atoms with E-state index in [0.29, 0.717) is 25.5 Å². The van der Waals surface area contributed by atoms with Gasteiger partial charge in [-0.25, -0.2) is 4.98 Å². The SMILES string of the molecule is CC(=O)N1Cc2cccnc2C(C(=O)NCc2nc3ccccc3[nH]2)C1. The van der Waals surface area contributed by atoms with E-state index in [4.69, 9.17) is 0 Å². The number of H-pyrrole nitrogens is 1. The summed E-state index contributed by atoms with van der Waals surface area (Å²) in [6, 6.07) is 11.5. The highest BCUT2D eigenvalue weighted by Gasteiger charge is 2.32. The normalized spacial score (nSPS) is 16.3. The van der Waals surface area contributed by atoms with E-state index in [2.05, 4.69) is 20.3 Å². The number of rotatable bonds is 3. The molecule has 132 valence electrons. The minimum Gasteiger partial charge on any atom is -0.348 e. The van der Waals surface area contributed by atoms with E-state index < -0.39 is 5.92 Å². The minimum absolute atomic E-state index is 0.0467. The largest absolute Gasteiger partial charge is 0.348 e. The van der Waals surface area contributed by atoms with Crippen LogP contribution < -0.4 is 5.32 Å². The van der Waals surface area contributed by atoms with Crippen LogP contribution in [0.1, 0.15) is 29.9 Å². The van der Waals surface area contributed by atoms with E-state index in [1.165, 1.54) is 6.92 Å². The highest BCUT2D eigenvalue weighted by atomic mass is 16.2. The number of para-hydroxylation sites is 2. The third kappa shape index (κ3) is 3.03. The van der Waals surface area contributed by atoms with Crippen LogP contribution in [0, 0.1) is 0 Å². The first-order chi connectivity index (χ1) is 12.6. The van der Waals surface area contributed by atoms with E-state index in [9.17, 15) is 9.59 Å². The van der Waals surface area contributed by atoms with Crippen LogP contribution in [-0.4, -0.2) is 38.2 Å². The summed E-state index contributed by atoms with van der Waals surface area (Å²) >= 11 is 0. The minimum atomic E-state index is -0.478. The summed E-state index contributed by atoms with van der Waals surface area (Å²) in [5, 5.41) is 2.92. The van der Waals surface area contributed by atoms with Gasteiger partial charge in [-0.2, -0.15) is 0 Å². The van der Waals surface area contributed by atoms with Crippen molar-refractivity contribution < 1.29 is 9.59 Å². The van der Waals surface area contributed by atoms with Crippen LogP contribution in [0.25, 0.3) is 11.0 Å². The first kappa shape index (κ1) is 16.3. The third-order valence-electron chi connectivity index (χ3n) is 4.65. The number of hydrogen-bond acceptors (Lipinski definition) is 4. The van der Waals surface area contributed by atoms with Crippen LogP contribution in [0.15, 0.2) is 42.6 Å². The average molecular weight is 349 g/mol. The van der Waals surface area contributed by atoms with Crippen molar-refractivity contribution in [2.45, 2.75) is 25.9 Å². The molecule has 26 heavy (non-hydrogen) atoms. The monoisotopic (exact) mass is 349 g/mol. The van der Waals surface area contributed by atoms with Gasteiger partial charge in [-0.05, 0) is 23.8 Å². The number of nitrogens with one attached hydrogen (secondary N) is 2. The number of carbonyl (C=O) groups is 2. The first-order valence-corrected chi connectivity index (χ1v) is 8.52. The van der Waals surface area contributed by atoms with Gasteiger partial charge >= 0.3 is 0 Å². The molecule has 1 aliphatic rings. The molecule has 3 aromatic rings. The lowest BCUT2D eigenvalue weighted by molar-refractivity contribution is -0.131. The Labute approximate surface area is 150 Å². The van der Waals surface area contributed by atoms with Gasteiger partial charge in [-0.3, -0.25) is 14.6 Å². The molecule has 0 radical (unpaired) electrons. The third-order valence-corrected chi connectivity index (χ3v) is 4.65. The van der Waals surface area contributed by atoms with Crippen molar-refractivity contribution in [3.63, 3.8) is 0 Å². The molecular formula is C19H19N5O2. The molecule has 1 atom stereocenters. The molecule has 1 aliphatic heterocycles. The van der Waals surface area contributed by atoms with E-state index in [1.54, 1.807) is 11.1 Å². The van der Waals surface area contributed by atoms with Crippen LogP contribution in [0.2, 0.25) is 0 Å². The second-order valence-electron chi connectivity index (χ2n) is 6.42. The number of pyridine rings is 1. The van der Waals surface area contributed by atoms with Gasteiger partial charge in [0.15, 0.2) is 0 Å². The fraction of sp³-hybridized carbons (Fsp3) is 0.263. The van der Waals surface area contributed by atoms with Crippen molar-refractivity contribution in [1.82, 2.24) is 25.2 Å². The number of fused-ring (bicyclic) bond motifs is 2. The fourth-order valence-corrected chi connectivity index (χ4v) is 3.31. The number of amides is 2. The van der Waals surface area contributed by atoms with Gasteiger partial charge in [0.1, 0.15) is 5.82 Å². The maximum Gasteiger partial charge on any atom is 0.231 e. The summed E-state index contributed by atoms with van der Waals surface area (Å²) in [6.07, 6.45) is 1.68. The zero-order valence-electron chi connectivity index (χ0n) is 14.4. The molecule has 0 fully saturated rings. The zero-order valence-corrected chi connectivity index (χ0v) is 14.4. The van der Waals surface area contributed by atoms with Crippen LogP contribution in [0.3, 0.4) is 0 Å². The molecule has 7 heteroatoms. The Bertz CT molecular complexity index is 948. The quantitative estimate of drug-likeness (QED) is 0.753. The maximum atomic E-state index is 12.8. The van der Waals surface area contributed by atoms with Crippen molar-refractivity contribution in [1.29, 1.82) is 0 Å². The molecular weight excluding hydrogens is 330 g/mol. The van der Waals surface area contributed by atoms with Gasteiger partial charge in [0, 0.05) is 26.2 Å². The summed E-state index contributed by atoms with van der Waals surface area (Å²) in [6.45, 7) is 2.65. The average Bonchev–Trinajstić information content (AvgIpc) is 3.08. The summed E-state index contributed by atoms with van der Waals surface area (Å²) in [7, 11) is 0. The number of benzene rings is 1. The van der Waals surface area contributed by atoms with E-state index in [-0.39, 0.29) is 11.8 Å². The zero-order chi connectivity index (χ0) is 18.1. The van der Waals surface area contributed by atoms with Gasteiger partial charge in [0.2, 0.25) is 11.8 Å². The van der Waals surface area contributed by atoms with Crippen molar-refractivity contribution in [2.75, 3.05) is 6.54 Å². The molecule has 3 heterocycles. The second kappa shape index (κ2) is 6.59. The van der Waals surface area contributed by atoms with E-state index in [1.807, 2.05) is 36.4 Å². The summed E-state index contributed by atoms with van der Waals surface area (Å²) in [5.41, 5.74) is 3.46. The molecule has 0 saturated heterocycles. The fourth-order valence-electron chi connectivity index (χ4n) is 3.31. The lowest BCUT2D eigenvalue weighted by Crippen LogP contribution is -2.43. The Morgan fingerprint density at radius 3 is 2.92 bits per heavy atom. The number of aromatic nitrogens is 3. The molecule has 1 unspecified atom stereocenters. The number of carbonyl (C=O) groups excluding carboxylic acids is 2. The molecule has 2 amide bonds. The molecule has 0 bridgehead atoms. The molecule has 2 aromatic heterocycles. The van der Waals surface area contributed by atoms with Crippen molar-refractivity contribution in [3.05, 3.63) is 59.7 Å². The Morgan fingerprint density at radius 1 is 1.27 bits per heavy atom. The molecule has 4 rings (SSSR count). The van der Waals surface area contributed by atoms with Crippen molar-refractivity contribution >= 4 is 22.8 Å². The molecule has 0 spiro atoms. The van der Waals surface area contributed by atoms with Crippen molar-refractivity contribution in [2.24, 2.45) is 0 Å². The van der Waals surface area contributed by atoms with Crippen LogP contribution in [-0.2, 0) is 22.7 Å². The summed E-state index contributed by atoms with van der Waals surface area (Å²) in [4.78, 5) is 38.3. The highest BCUT2D eigenvalue weighted by Crippen LogP contribution is 2.26. The smallest absolute Gasteiger partial charge is 0.231 e. The van der Waals surface area contributed by atoms with Crippen LogP contribution in [0.4, 0.5) is 0 Å². The predicted octanol–water partition coefficient (Wildman–Crippen LogP) is 1.72. The van der Waals surface area contributed by atoms with Crippen LogP contribution in [0.5, 0.6) is 0 Å². The van der Waals surface area contributed by atoms with Crippen LogP contribution >= 0.6 is 0 Å². The standard InChI is InChI=1S/C19H19N5O2/c1-12(25)24-10-13-5-4-8-20-18(13)14(11-24)19(26)21-9-17-22-15-6-2-3-7-16(15)23-17/h2-8,14H,9-11H2,1H3,(H,21,26)(H,22,23). The lowest BCUT2D eigenvalue weighted by atomic mass is 9.94. The lowest BCUT2D eigenvalue weighted by Gasteiger charge is -2.32.